The maximum atomic E-state index is 5.99. The first-order valence-corrected chi connectivity index (χ1v) is 6.97. The van der Waals surface area contributed by atoms with E-state index in [-0.39, 0.29) is 18.3 Å². The Morgan fingerprint density at radius 2 is 2.05 bits per heavy atom. The first-order valence-electron chi connectivity index (χ1n) is 6.97. The molecule has 0 N–H and O–H groups in total. The summed E-state index contributed by atoms with van der Waals surface area (Å²) in [7, 11) is 0. The summed E-state index contributed by atoms with van der Waals surface area (Å²) in [6.07, 6.45) is 6.80. The minimum atomic E-state index is 0.118. The summed E-state index contributed by atoms with van der Waals surface area (Å²) >= 11 is 0. The SMILES string of the molecule is C1=C[C@H]2O[C@H](COCc3ccccc3)CC[C@H]2OC1. The van der Waals surface area contributed by atoms with Crippen LogP contribution < -0.4 is 0 Å². The van der Waals surface area contributed by atoms with Gasteiger partial charge in [0, 0.05) is 0 Å². The summed E-state index contributed by atoms with van der Waals surface area (Å²) in [6.45, 7) is 2.03. The third kappa shape index (κ3) is 3.44. The van der Waals surface area contributed by atoms with Gasteiger partial charge in [-0.3, -0.25) is 0 Å². The molecule has 3 nitrogen and oxygen atoms in total. The molecule has 1 aromatic rings. The minimum absolute atomic E-state index is 0.118. The molecule has 3 heteroatoms. The van der Waals surface area contributed by atoms with Crippen molar-refractivity contribution in [3.8, 4) is 0 Å². The molecule has 1 aromatic carbocycles. The van der Waals surface area contributed by atoms with E-state index in [9.17, 15) is 0 Å². The summed E-state index contributed by atoms with van der Waals surface area (Å²) < 4.78 is 17.4. The number of benzene rings is 1. The first-order chi connectivity index (χ1) is 9.42. The van der Waals surface area contributed by atoms with Gasteiger partial charge in [0.15, 0.2) is 0 Å². The highest BCUT2D eigenvalue weighted by Gasteiger charge is 2.31. The highest BCUT2D eigenvalue weighted by molar-refractivity contribution is 5.13. The van der Waals surface area contributed by atoms with Crippen LogP contribution in [0.1, 0.15) is 18.4 Å². The lowest BCUT2D eigenvalue weighted by Gasteiger charge is -2.36. The smallest absolute Gasteiger partial charge is 0.102 e. The summed E-state index contributed by atoms with van der Waals surface area (Å²) in [5.74, 6) is 0. The molecule has 2 aliphatic heterocycles. The summed E-state index contributed by atoms with van der Waals surface area (Å²) in [5.41, 5.74) is 1.21. The first kappa shape index (κ1) is 12.9. The third-order valence-corrected chi connectivity index (χ3v) is 3.64. The Morgan fingerprint density at radius 1 is 1.16 bits per heavy atom. The van der Waals surface area contributed by atoms with Gasteiger partial charge in [0.1, 0.15) is 6.10 Å². The largest absolute Gasteiger partial charge is 0.374 e. The monoisotopic (exact) mass is 260 g/mol. The molecule has 0 aromatic heterocycles. The average Bonchev–Trinajstić information content (AvgIpc) is 2.48. The van der Waals surface area contributed by atoms with E-state index in [2.05, 4.69) is 18.2 Å². The van der Waals surface area contributed by atoms with Crippen molar-refractivity contribution in [2.75, 3.05) is 13.2 Å². The minimum Gasteiger partial charge on any atom is -0.374 e. The van der Waals surface area contributed by atoms with Crippen LogP contribution in [0.25, 0.3) is 0 Å². The number of hydrogen-bond acceptors (Lipinski definition) is 3. The van der Waals surface area contributed by atoms with Crippen LogP contribution in [0.3, 0.4) is 0 Å². The molecular weight excluding hydrogens is 240 g/mol. The van der Waals surface area contributed by atoms with Crippen molar-refractivity contribution in [3.63, 3.8) is 0 Å². The predicted octanol–water partition coefficient (Wildman–Crippen LogP) is 2.71. The van der Waals surface area contributed by atoms with E-state index in [0.29, 0.717) is 13.2 Å². The fourth-order valence-electron chi connectivity index (χ4n) is 2.61. The molecule has 0 saturated carbocycles. The molecule has 0 amide bonds. The zero-order valence-electron chi connectivity index (χ0n) is 11.0. The van der Waals surface area contributed by atoms with Gasteiger partial charge in [0.25, 0.3) is 0 Å². The zero-order valence-corrected chi connectivity index (χ0v) is 11.0. The molecule has 19 heavy (non-hydrogen) atoms. The van der Waals surface area contributed by atoms with Gasteiger partial charge >= 0.3 is 0 Å². The predicted molar refractivity (Wildman–Crippen MR) is 72.9 cm³/mol. The lowest BCUT2D eigenvalue weighted by molar-refractivity contribution is -0.140. The van der Waals surface area contributed by atoms with E-state index in [4.69, 9.17) is 14.2 Å². The summed E-state index contributed by atoms with van der Waals surface area (Å²) in [5, 5.41) is 0. The van der Waals surface area contributed by atoms with Gasteiger partial charge in [0.2, 0.25) is 0 Å². The van der Waals surface area contributed by atoms with E-state index < -0.39 is 0 Å². The number of fused-ring (bicyclic) bond motifs is 1. The van der Waals surface area contributed by atoms with Crippen molar-refractivity contribution in [3.05, 3.63) is 48.0 Å². The summed E-state index contributed by atoms with van der Waals surface area (Å²) in [4.78, 5) is 0. The Balaban J connectivity index is 1.44. The highest BCUT2D eigenvalue weighted by atomic mass is 16.6. The summed E-state index contributed by atoms with van der Waals surface area (Å²) in [6, 6.07) is 10.2. The van der Waals surface area contributed by atoms with Crippen molar-refractivity contribution in [1.82, 2.24) is 0 Å². The molecule has 0 radical (unpaired) electrons. The van der Waals surface area contributed by atoms with Gasteiger partial charge in [-0.25, -0.2) is 0 Å². The molecule has 1 fully saturated rings. The Hall–Kier alpha value is -1.16. The standard InChI is InChI=1S/C16H20O3/c1-2-5-13(6-3-1)11-17-12-14-8-9-15-16(19-14)7-4-10-18-15/h1-7,14-16H,8-12H2/t14-,15+,16+/m0/s1. The van der Waals surface area contributed by atoms with Crippen LogP contribution in [0.4, 0.5) is 0 Å². The van der Waals surface area contributed by atoms with Crippen LogP contribution in [0.15, 0.2) is 42.5 Å². The molecule has 0 unspecified atom stereocenters. The second-order valence-electron chi connectivity index (χ2n) is 5.10. The topological polar surface area (TPSA) is 27.7 Å². The normalized spacial score (nSPS) is 30.0. The van der Waals surface area contributed by atoms with Crippen molar-refractivity contribution in [2.45, 2.75) is 37.8 Å². The highest BCUT2D eigenvalue weighted by Crippen LogP contribution is 2.25. The molecule has 0 aliphatic carbocycles. The third-order valence-electron chi connectivity index (χ3n) is 3.64. The van der Waals surface area contributed by atoms with Crippen LogP contribution in [-0.2, 0) is 20.8 Å². The van der Waals surface area contributed by atoms with Gasteiger partial charge in [-0.1, -0.05) is 42.5 Å². The van der Waals surface area contributed by atoms with Crippen molar-refractivity contribution >= 4 is 0 Å². The fourth-order valence-corrected chi connectivity index (χ4v) is 2.61. The molecule has 102 valence electrons. The molecule has 0 bridgehead atoms. The molecule has 3 rings (SSSR count). The zero-order chi connectivity index (χ0) is 12.9. The van der Waals surface area contributed by atoms with Crippen molar-refractivity contribution in [2.24, 2.45) is 0 Å². The Labute approximate surface area is 114 Å². The van der Waals surface area contributed by atoms with Gasteiger partial charge in [-0.05, 0) is 18.4 Å². The maximum Gasteiger partial charge on any atom is 0.102 e. The van der Waals surface area contributed by atoms with E-state index in [1.165, 1.54) is 5.56 Å². The van der Waals surface area contributed by atoms with Crippen LogP contribution >= 0.6 is 0 Å². The van der Waals surface area contributed by atoms with Gasteiger partial charge in [-0.2, -0.15) is 0 Å². The van der Waals surface area contributed by atoms with E-state index >= 15 is 0 Å². The number of rotatable bonds is 4. The Morgan fingerprint density at radius 3 is 2.95 bits per heavy atom. The van der Waals surface area contributed by atoms with Crippen molar-refractivity contribution < 1.29 is 14.2 Å². The fraction of sp³-hybridized carbons (Fsp3) is 0.500. The van der Waals surface area contributed by atoms with Gasteiger partial charge in [-0.15, -0.1) is 0 Å². The lowest BCUT2D eigenvalue weighted by atomic mass is 9.99. The molecule has 3 atom stereocenters. The lowest BCUT2D eigenvalue weighted by Crippen LogP contribution is -2.42. The van der Waals surface area contributed by atoms with E-state index in [1.54, 1.807) is 0 Å². The molecule has 1 saturated heterocycles. The molecule has 0 spiro atoms. The average molecular weight is 260 g/mol. The molecule has 2 heterocycles. The molecule has 2 aliphatic rings. The number of ether oxygens (including phenoxy) is 3. The second-order valence-corrected chi connectivity index (χ2v) is 5.10. The number of hydrogen-bond donors (Lipinski definition) is 0. The maximum absolute atomic E-state index is 5.99. The Kier molecular flexibility index (Phi) is 4.28. The van der Waals surface area contributed by atoms with Gasteiger partial charge < -0.3 is 14.2 Å². The van der Waals surface area contributed by atoms with Gasteiger partial charge in [0.05, 0.1) is 32.0 Å². The second kappa shape index (κ2) is 6.33. The van der Waals surface area contributed by atoms with Crippen molar-refractivity contribution in [1.29, 1.82) is 0 Å². The van der Waals surface area contributed by atoms with Crippen LogP contribution in [0.2, 0.25) is 0 Å². The van der Waals surface area contributed by atoms with Crippen LogP contribution in [-0.4, -0.2) is 31.5 Å². The van der Waals surface area contributed by atoms with E-state index in [1.807, 2.05) is 24.3 Å². The molecular formula is C16H20O3. The van der Waals surface area contributed by atoms with E-state index in [0.717, 1.165) is 19.4 Å². The quantitative estimate of drug-likeness (QED) is 0.779. The van der Waals surface area contributed by atoms with Crippen LogP contribution in [0.5, 0.6) is 0 Å². The Bertz CT molecular complexity index is 415. The van der Waals surface area contributed by atoms with Crippen LogP contribution in [0, 0.1) is 0 Å².